The van der Waals surface area contributed by atoms with Gasteiger partial charge in [0.05, 0.1) is 7.11 Å². The highest BCUT2D eigenvalue weighted by Crippen LogP contribution is 2.33. The standard InChI is InChI=1S/C19H24OSi/c1-19(2,3)13-7-9-15-16-12-14(20-4)8-10-17(16)21(5,6)18(15)11-13/h7-12H,1-6H3. The lowest BCUT2D eigenvalue weighted by Crippen LogP contribution is -2.49. The zero-order valence-electron chi connectivity index (χ0n) is 13.9. The Labute approximate surface area is 129 Å². The average molecular weight is 296 g/mol. The number of benzene rings is 2. The Morgan fingerprint density at radius 3 is 2.19 bits per heavy atom. The summed E-state index contributed by atoms with van der Waals surface area (Å²) in [5.41, 5.74) is 4.42. The van der Waals surface area contributed by atoms with Crippen molar-refractivity contribution < 1.29 is 4.74 Å². The van der Waals surface area contributed by atoms with E-state index in [2.05, 4.69) is 70.3 Å². The van der Waals surface area contributed by atoms with Crippen molar-refractivity contribution in [3.8, 4) is 16.9 Å². The van der Waals surface area contributed by atoms with Crippen LogP contribution in [0.15, 0.2) is 36.4 Å². The molecule has 0 saturated carbocycles. The van der Waals surface area contributed by atoms with Crippen molar-refractivity contribution in [2.45, 2.75) is 39.3 Å². The van der Waals surface area contributed by atoms with Crippen molar-refractivity contribution in [1.82, 2.24) is 0 Å². The second-order valence-corrected chi connectivity index (χ2v) is 11.9. The minimum absolute atomic E-state index is 0.200. The lowest BCUT2D eigenvalue weighted by molar-refractivity contribution is 0.415. The molecule has 1 aliphatic rings. The maximum atomic E-state index is 5.42. The van der Waals surface area contributed by atoms with E-state index in [0.29, 0.717) is 0 Å². The zero-order valence-corrected chi connectivity index (χ0v) is 14.9. The van der Waals surface area contributed by atoms with Crippen molar-refractivity contribution in [2.24, 2.45) is 0 Å². The number of ether oxygens (including phenoxy) is 1. The molecule has 0 amide bonds. The van der Waals surface area contributed by atoms with Crippen LogP contribution >= 0.6 is 0 Å². The summed E-state index contributed by atoms with van der Waals surface area (Å²) in [7, 11) is 0.156. The monoisotopic (exact) mass is 296 g/mol. The van der Waals surface area contributed by atoms with Crippen molar-refractivity contribution >= 4 is 18.4 Å². The first-order chi connectivity index (χ1) is 9.75. The van der Waals surface area contributed by atoms with Gasteiger partial charge in [-0.05, 0) is 44.6 Å². The molecule has 0 aromatic heterocycles. The molecule has 3 rings (SSSR count). The Bertz CT molecular complexity index is 708. The van der Waals surface area contributed by atoms with Crippen LogP contribution in [-0.4, -0.2) is 15.2 Å². The van der Waals surface area contributed by atoms with Gasteiger partial charge in [-0.1, -0.05) is 58.1 Å². The van der Waals surface area contributed by atoms with Gasteiger partial charge in [0.25, 0.3) is 0 Å². The van der Waals surface area contributed by atoms with Crippen LogP contribution in [0.3, 0.4) is 0 Å². The van der Waals surface area contributed by atoms with E-state index in [1.54, 1.807) is 12.3 Å². The molecular formula is C19H24OSi. The summed E-state index contributed by atoms with van der Waals surface area (Å²) in [6.07, 6.45) is 0. The van der Waals surface area contributed by atoms with Crippen molar-refractivity contribution in [1.29, 1.82) is 0 Å². The topological polar surface area (TPSA) is 9.23 Å². The fourth-order valence-electron chi connectivity index (χ4n) is 3.33. The molecule has 0 radical (unpaired) electrons. The fraction of sp³-hybridized carbons (Fsp3) is 0.368. The molecule has 0 atom stereocenters. The number of hydrogen-bond donors (Lipinski definition) is 0. The molecule has 1 nitrogen and oxygen atoms in total. The van der Waals surface area contributed by atoms with Crippen LogP contribution in [0.5, 0.6) is 5.75 Å². The van der Waals surface area contributed by atoms with Gasteiger partial charge in [0, 0.05) is 0 Å². The van der Waals surface area contributed by atoms with Gasteiger partial charge < -0.3 is 4.74 Å². The molecule has 0 bridgehead atoms. The maximum Gasteiger partial charge on any atom is 0.119 e. The molecule has 0 unspecified atom stereocenters. The Balaban J connectivity index is 2.25. The first kappa shape index (κ1) is 14.4. The van der Waals surface area contributed by atoms with Crippen molar-refractivity contribution in [3.63, 3.8) is 0 Å². The third kappa shape index (κ3) is 2.13. The molecule has 0 fully saturated rings. The number of methoxy groups -OCH3 is 1. The number of fused-ring (bicyclic) bond motifs is 3. The highest BCUT2D eigenvalue weighted by molar-refractivity contribution is 7.03. The van der Waals surface area contributed by atoms with E-state index >= 15 is 0 Å². The van der Waals surface area contributed by atoms with E-state index in [1.807, 2.05) is 0 Å². The zero-order chi connectivity index (χ0) is 15.4. The molecular weight excluding hydrogens is 272 g/mol. The van der Waals surface area contributed by atoms with Gasteiger partial charge >= 0.3 is 0 Å². The lowest BCUT2D eigenvalue weighted by atomic mass is 9.86. The Morgan fingerprint density at radius 1 is 0.857 bits per heavy atom. The van der Waals surface area contributed by atoms with E-state index in [4.69, 9.17) is 4.74 Å². The Morgan fingerprint density at radius 2 is 1.57 bits per heavy atom. The first-order valence-electron chi connectivity index (χ1n) is 7.59. The largest absolute Gasteiger partial charge is 0.497 e. The van der Waals surface area contributed by atoms with Gasteiger partial charge in [-0.2, -0.15) is 0 Å². The quantitative estimate of drug-likeness (QED) is 0.727. The summed E-state index contributed by atoms with van der Waals surface area (Å²) in [5, 5.41) is 3.10. The first-order valence-corrected chi connectivity index (χ1v) is 10.6. The van der Waals surface area contributed by atoms with Gasteiger partial charge in [-0.15, -0.1) is 0 Å². The van der Waals surface area contributed by atoms with Crippen LogP contribution in [0.1, 0.15) is 26.3 Å². The molecule has 0 N–H and O–H groups in total. The highest BCUT2D eigenvalue weighted by atomic mass is 28.3. The number of rotatable bonds is 1. The van der Waals surface area contributed by atoms with Crippen LogP contribution in [-0.2, 0) is 5.41 Å². The van der Waals surface area contributed by atoms with E-state index in [1.165, 1.54) is 21.9 Å². The van der Waals surface area contributed by atoms with Gasteiger partial charge in [-0.25, -0.2) is 0 Å². The summed E-state index contributed by atoms with van der Waals surface area (Å²) in [4.78, 5) is 0. The summed E-state index contributed by atoms with van der Waals surface area (Å²) in [6.45, 7) is 11.8. The van der Waals surface area contributed by atoms with Crippen LogP contribution < -0.4 is 15.1 Å². The van der Waals surface area contributed by atoms with Crippen LogP contribution in [0.4, 0.5) is 0 Å². The molecule has 2 aromatic carbocycles. The molecule has 1 aliphatic heterocycles. The second-order valence-electron chi connectivity index (χ2n) is 7.55. The summed E-state index contributed by atoms with van der Waals surface area (Å²) in [6, 6.07) is 13.6. The summed E-state index contributed by atoms with van der Waals surface area (Å²) >= 11 is 0. The smallest absolute Gasteiger partial charge is 0.119 e. The minimum Gasteiger partial charge on any atom is -0.497 e. The molecule has 0 saturated heterocycles. The third-order valence-corrected chi connectivity index (χ3v) is 8.29. The molecule has 0 spiro atoms. The van der Waals surface area contributed by atoms with Crippen LogP contribution in [0.2, 0.25) is 13.1 Å². The van der Waals surface area contributed by atoms with Gasteiger partial charge in [0.2, 0.25) is 0 Å². The van der Waals surface area contributed by atoms with E-state index in [-0.39, 0.29) is 5.41 Å². The van der Waals surface area contributed by atoms with Gasteiger partial charge in [0.1, 0.15) is 13.8 Å². The summed E-state index contributed by atoms with van der Waals surface area (Å²) < 4.78 is 5.42. The van der Waals surface area contributed by atoms with Crippen molar-refractivity contribution in [2.75, 3.05) is 7.11 Å². The average Bonchev–Trinajstić information content (AvgIpc) is 2.66. The molecule has 21 heavy (non-hydrogen) atoms. The molecule has 2 heteroatoms. The second kappa shape index (κ2) is 4.47. The Hall–Kier alpha value is -1.54. The van der Waals surface area contributed by atoms with Gasteiger partial charge in [0.15, 0.2) is 0 Å². The van der Waals surface area contributed by atoms with Crippen LogP contribution in [0, 0.1) is 0 Å². The van der Waals surface area contributed by atoms with E-state index in [0.717, 1.165) is 5.75 Å². The predicted octanol–water partition coefficient (Wildman–Crippen LogP) is 3.80. The molecule has 2 aromatic rings. The predicted molar refractivity (Wildman–Crippen MR) is 93.9 cm³/mol. The van der Waals surface area contributed by atoms with E-state index < -0.39 is 8.07 Å². The highest BCUT2D eigenvalue weighted by Gasteiger charge is 2.38. The molecule has 1 heterocycles. The lowest BCUT2D eigenvalue weighted by Gasteiger charge is -2.23. The summed E-state index contributed by atoms with van der Waals surface area (Å²) in [5.74, 6) is 0.950. The van der Waals surface area contributed by atoms with Crippen molar-refractivity contribution in [3.05, 3.63) is 42.0 Å². The minimum atomic E-state index is -1.58. The van der Waals surface area contributed by atoms with E-state index in [9.17, 15) is 0 Å². The molecule has 110 valence electrons. The fourth-order valence-corrected chi connectivity index (χ4v) is 6.40. The number of hydrogen-bond acceptors (Lipinski definition) is 1. The van der Waals surface area contributed by atoms with Gasteiger partial charge in [-0.3, -0.25) is 0 Å². The van der Waals surface area contributed by atoms with Crippen LogP contribution in [0.25, 0.3) is 11.1 Å². The normalized spacial score (nSPS) is 15.5. The maximum absolute atomic E-state index is 5.42. The SMILES string of the molecule is COc1ccc2c(c1)-c1ccc(C(C)(C)C)cc1[Si]2(C)C. The Kier molecular flexibility index (Phi) is 3.07. The third-order valence-electron chi connectivity index (χ3n) is 4.75. The molecule has 0 aliphatic carbocycles.